The van der Waals surface area contributed by atoms with Crippen molar-refractivity contribution >= 4 is 38.9 Å². The number of nitrogens with one attached hydrogen (secondary N) is 2. The van der Waals surface area contributed by atoms with Crippen LogP contribution in [0.15, 0.2) is 53.4 Å². The number of thiocarbonyl (C=S) groups is 1. The Morgan fingerprint density at radius 3 is 2.10 bits per heavy atom. The number of sulfonamides is 1. The summed E-state index contributed by atoms with van der Waals surface area (Å²) in [6, 6.07) is 12.9. The molecule has 0 radical (unpaired) electrons. The van der Waals surface area contributed by atoms with Gasteiger partial charge in [0.1, 0.15) is 5.75 Å². The van der Waals surface area contributed by atoms with Crippen LogP contribution in [-0.2, 0) is 10.0 Å². The summed E-state index contributed by atoms with van der Waals surface area (Å²) < 4.78 is 31.8. The van der Waals surface area contributed by atoms with E-state index in [1.165, 1.54) is 16.4 Å². The van der Waals surface area contributed by atoms with Crippen LogP contribution < -0.4 is 15.4 Å². The lowest BCUT2D eigenvalue weighted by Gasteiger charge is -2.18. The maximum absolute atomic E-state index is 12.5. The molecule has 2 N–H and O–H groups in total. The molecule has 0 atom stereocenters. The molecule has 2 aromatic carbocycles. The van der Waals surface area contributed by atoms with Crippen molar-refractivity contribution in [3.05, 3.63) is 54.1 Å². The minimum Gasteiger partial charge on any atom is -0.494 e. The van der Waals surface area contributed by atoms with E-state index in [4.69, 9.17) is 17.0 Å². The fourth-order valence-electron chi connectivity index (χ4n) is 2.63. The molecule has 0 aromatic heterocycles. The molecule has 9 heteroatoms. The van der Waals surface area contributed by atoms with Crippen molar-refractivity contribution in [2.24, 2.45) is 0 Å². The van der Waals surface area contributed by atoms with Gasteiger partial charge in [-0.3, -0.25) is 10.1 Å². The van der Waals surface area contributed by atoms with Crippen molar-refractivity contribution in [3.8, 4) is 5.75 Å². The van der Waals surface area contributed by atoms with Crippen LogP contribution in [0.5, 0.6) is 5.75 Å². The maximum Gasteiger partial charge on any atom is 0.257 e. The number of rotatable bonds is 8. The normalized spacial score (nSPS) is 11.2. The quantitative estimate of drug-likeness (QED) is 0.619. The van der Waals surface area contributed by atoms with Crippen LogP contribution in [0.3, 0.4) is 0 Å². The van der Waals surface area contributed by atoms with Crippen LogP contribution in [-0.4, -0.2) is 43.4 Å². The van der Waals surface area contributed by atoms with Crippen molar-refractivity contribution in [2.75, 3.05) is 25.0 Å². The Labute approximate surface area is 177 Å². The fraction of sp³-hybridized carbons (Fsp3) is 0.300. The molecule has 0 bridgehead atoms. The van der Waals surface area contributed by atoms with Gasteiger partial charge >= 0.3 is 0 Å². The first-order valence-corrected chi connectivity index (χ1v) is 11.1. The van der Waals surface area contributed by atoms with Gasteiger partial charge in [-0.1, -0.05) is 13.8 Å². The van der Waals surface area contributed by atoms with Crippen molar-refractivity contribution < 1.29 is 17.9 Å². The molecule has 0 unspecified atom stereocenters. The number of anilines is 1. The Morgan fingerprint density at radius 2 is 1.59 bits per heavy atom. The lowest BCUT2D eigenvalue weighted by Crippen LogP contribution is -2.34. The summed E-state index contributed by atoms with van der Waals surface area (Å²) in [5, 5.41) is 5.58. The Balaban J connectivity index is 1.99. The zero-order chi connectivity index (χ0) is 21.4. The molecular weight excluding hydrogens is 410 g/mol. The molecule has 0 aliphatic heterocycles. The predicted molar refractivity (Wildman–Crippen MR) is 118 cm³/mol. The average molecular weight is 436 g/mol. The second kappa shape index (κ2) is 10.3. The number of carbonyl (C=O) groups is 1. The monoisotopic (exact) mass is 435 g/mol. The highest BCUT2D eigenvalue weighted by Crippen LogP contribution is 2.18. The van der Waals surface area contributed by atoms with Crippen molar-refractivity contribution in [1.29, 1.82) is 0 Å². The molecular formula is C20H25N3O4S2. The topological polar surface area (TPSA) is 87.7 Å². The number of hydrogen-bond acceptors (Lipinski definition) is 5. The van der Waals surface area contributed by atoms with Gasteiger partial charge in [0.15, 0.2) is 5.11 Å². The zero-order valence-corrected chi connectivity index (χ0v) is 18.3. The summed E-state index contributed by atoms with van der Waals surface area (Å²) in [6.07, 6.45) is 0. The van der Waals surface area contributed by atoms with Gasteiger partial charge in [0, 0.05) is 24.3 Å². The highest BCUT2D eigenvalue weighted by atomic mass is 32.2. The number of nitrogens with zero attached hydrogens (tertiary/aromatic N) is 1. The number of benzene rings is 2. The van der Waals surface area contributed by atoms with Crippen LogP contribution >= 0.6 is 12.2 Å². The summed E-state index contributed by atoms with van der Waals surface area (Å²) in [6.45, 7) is 6.83. The van der Waals surface area contributed by atoms with Gasteiger partial charge in [0.25, 0.3) is 5.91 Å². The van der Waals surface area contributed by atoms with Crippen LogP contribution in [0.4, 0.5) is 5.69 Å². The molecule has 0 spiro atoms. The van der Waals surface area contributed by atoms with Gasteiger partial charge in [-0.2, -0.15) is 4.31 Å². The first-order chi connectivity index (χ1) is 13.8. The van der Waals surface area contributed by atoms with Crippen molar-refractivity contribution in [2.45, 2.75) is 25.7 Å². The van der Waals surface area contributed by atoms with E-state index in [9.17, 15) is 13.2 Å². The number of carbonyl (C=O) groups excluding carboxylic acids is 1. The molecule has 0 aliphatic carbocycles. The van der Waals surface area contributed by atoms with E-state index in [2.05, 4.69) is 10.6 Å². The van der Waals surface area contributed by atoms with E-state index in [0.717, 1.165) is 0 Å². The molecule has 29 heavy (non-hydrogen) atoms. The molecule has 0 saturated heterocycles. The lowest BCUT2D eigenvalue weighted by molar-refractivity contribution is 0.0977. The SMILES string of the molecule is CCOc1ccc(C(=O)NC(=S)Nc2ccc(S(=O)(=O)N(CC)CC)cc2)cc1. The molecule has 7 nitrogen and oxygen atoms in total. The van der Waals surface area contributed by atoms with Gasteiger partial charge in [-0.05, 0) is 67.7 Å². The molecule has 0 saturated carbocycles. The fourth-order valence-corrected chi connectivity index (χ4v) is 4.30. The smallest absolute Gasteiger partial charge is 0.257 e. The number of amides is 1. The third-order valence-corrected chi connectivity index (χ3v) is 6.38. The molecule has 2 aromatic rings. The standard InChI is InChI=1S/C20H25N3O4S2/c1-4-23(5-2)29(25,26)18-13-9-16(10-14-18)21-20(28)22-19(24)15-7-11-17(12-8-15)27-6-3/h7-14H,4-6H2,1-3H3,(H2,21,22,24,28). The summed E-state index contributed by atoms with van der Waals surface area (Å²) in [5.74, 6) is 0.329. The molecule has 0 fully saturated rings. The molecule has 2 rings (SSSR count). The van der Waals surface area contributed by atoms with E-state index < -0.39 is 10.0 Å². The van der Waals surface area contributed by atoms with Gasteiger partial charge in [-0.25, -0.2) is 8.42 Å². The number of ether oxygens (including phenoxy) is 1. The van der Waals surface area contributed by atoms with Gasteiger partial charge in [0.05, 0.1) is 11.5 Å². The maximum atomic E-state index is 12.5. The highest BCUT2D eigenvalue weighted by Gasteiger charge is 2.21. The molecule has 0 aliphatic rings. The Bertz CT molecular complexity index is 939. The van der Waals surface area contributed by atoms with E-state index in [1.807, 2.05) is 6.92 Å². The lowest BCUT2D eigenvalue weighted by atomic mass is 10.2. The van der Waals surface area contributed by atoms with E-state index in [1.54, 1.807) is 50.2 Å². The Kier molecular flexibility index (Phi) is 8.12. The van der Waals surface area contributed by atoms with E-state index in [-0.39, 0.29) is 15.9 Å². The molecule has 156 valence electrons. The van der Waals surface area contributed by atoms with Gasteiger partial charge in [0.2, 0.25) is 10.0 Å². The third kappa shape index (κ3) is 5.99. The molecule has 0 heterocycles. The first-order valence-electron chi connectivity index (χ1n) is 9.27. The second-order valence-electron chi connectivity index (χ2n) is 5.98. The number of hydrogen-bond donors (Lipinski definition) is 2. The van der Waals surface area contributed by atoms with Crippen LogP contribution in [0.25, 0.3) is 0 Å². The van der Waals surface area contributed by atoms with Crippen molar-refractivity contribution in [1.82, 2.24) is 9.62 Å². The van der Waals surface area contributed by atoms with Crippen LogP contribution in [0, 0.1) is 0 Å². The summed E-state index contributed by atoms with van der Waals surface area (Å²) >= 11 is 5.17. The third-order valence-electron chi connectivity index (χ3n) is 4.11. The first kappa shape index (κ1) is 22.8. The molecule has 1 amide bonds. The second-order valence-corrected chi connectivity index (χ2v) is 8.33. The Morgan fingerprint density at radius 1 is 1.00 bits per heavy atom. The summed E-state index contributed by atoms with van der Waals surface area (Å²) in [5.41, 5.74) is 1.01. The largest absolute Gasteiger partial charge is 0.494 e. The predicted octanol–water partition coefficient (Wildman–Crippen LogP) is 3.24. The minimum atomic E-state index is -3.52. The van der Waals surface area contributed by atoms with E-state index >= 15 is 0 Å². The minimum absolute atomic E-state index is 0.114. The van der Waals surface area contributed by atoms with Crippen LogP contribution in [0.2, 0.25) is 0 Å². The van der Waals surface area contributed by atoms with Gasteiger partial charge in [-0.15, -0.1) is 0 Å². The van der Waals surface area contributed by atoms with Gasteiger partial charge < -0.3 is 10.1 Å². The average Bonchev–Trinajstić information content (AvgIpc) is 2.70. The highest BCUT2D eigenvalue weighted by molar-refractivity contribution is 7.89. The summed E-state index contributed by atoms with van der Waals surface area (Å²) in [7, 11) is -3.52. The van der Waals surface area contributed by atoms with Crippen molar-refractivity contribution in [3.63, 3.8) is 0 Å². The van der Waals surface area contributed by atoms with Crippen LogP contribution in [0.1, 0.15) is 31.1 Å². The zero-order valence-electron chi connectivity index (χ0n) is 16.6. The Hall–Kier alpha value is -2.49. The summed E-state index contributed by atoms with van der Waals surface area (Å²) in [4.78, 5) is 12.5. The van der Waals surface area contributed by atoms with E-state index in [0.29, 0.717) is 36.7 Å².